The number of amides is 4. The number of esters is 5. The Kier molecular flexibility index (Phi) is 26.3. The van der Waals surface area contributed by atoms with Gasteiger partial charge in [0.2, 0.25) is 0 Å². The molecule has 522 valence electrons. The highest BCUT2D eigenvalue weighted by molar-refractivity contribution is 5.93. The van der Waals surface area contributed by atoms with Crippen LogP contribution in [0.1, 0.15) is 143 Å². The topological polar surface area (TPSA) is 258 Å². The van der Waals surface area contributed by atoms with Crippen LogP contribution in [0.5, 0.6) is 0 Å². The average molecular weight is 1320 g/mol. The van der Waals surface area contributed by atoms with Gasteiger partial charge >= 0.3 is 35.9 Å². The van der Waals surface area contributed by atoms with Crippen molar-refractivity contribution in [1.29, 1.82) is 0 Å². The lowest BCUT2D eigenvalue weighted by atomic mass is 9.96. The van der Waals surface area contributed by atoms with Gasteiger partial charge in [0.1, 0.15) is 36.4 Å². The number of ether oxygens (including phenoxy) is 7. The average Bonchev–Trinajstić information content (AvgIpc) is 1.76. The van der Waals surface area contributed by atoms with Crippen molar-refractivity contribution in [1.82, 2.24) is 24.5 Å². The number of nitrogens with zero attached hydrogens (tertiary/aromatic N) is 6. The zero-order valence-corrected chi connectivity index (χ0v) is 57.4. The number of benzene rings is 2. The molecule has 6 aliphatic rings. The molecule has 23 heteroatoms. The minimum atomic E-state index is -1.53. The van der Waals surface area contributed by atoms with E-state index in [0.29, 0.717) is 44.7 Å². The summed E-state index contributed by atoms with van der Waals surface area (Å²) in [6.07, 6.45) is 7.36. The van der Waals surface area contributed by atoms with E-state index >= 15 is 9.59 Å². The summed E-state index contributed by atoms with van der Waals surface area (Å²) in [6.45, 7) is 13.6. The first-order valence-electron chi connectivity index (χ1n) is 34.2. The van der Waals surface area contributed by atoms with Crippen molar-refractivity contribution in [2.24, 2.45) is 23.7 Å². The Morgan fingerprint density at radius 1 is 0.579 bits per heavy atom. The zero-order valence-electron chi connectivity index (χ0n) is 57.4. The van der Waals surface area contributed by atoms with Crippen LogP contribution in [0, 0.1) is 23.7 Å². The maximum atomic E-state index is 15.1. The molecule has 0 spiro atoms. The molecule has 2 aromatic rings. The fourth-order valence-corrected chi connectivity index (χ4v) is 12.1. The first-order valence-corrected chi connectivity index (χ1v) is 34.2. The standard InChI is InChI=1S/C72H102N6O17/c1-11-77(33-36-79)55-29-25-52(26-30-55)43-61(64(81)75(9)58(40-49-19-20-49)68(85)92-47(3)66(83)90-45-54-15-13-12-14-16-54)93-69(86)59(41-50-21-22-50)73(7)63(80)46(2)91-67(84)57(39-48-17-18-48)74(8)65(82)62(44-53-27-31-56(32-28-53)78-34-37-89-38-35-78)94-70(87)60(42-51-23-24-51)76(10)71(88)95-72(4,5)6/h12-16,25-31,46-51,56-62,79H,11,17-24,32-45H2,1-10H3/t46-,47-,56?,57+,58+,59+,60+,61-,62-/m1/s1. The lowest BCUT2D eigenvalue weighted by molar-refractivity contribution is -0.175. The van der Waals surface area contributed by atoms with Crippen molar-refractivity contribution in [3.63, 3.8) is 0 Å². The number of rotatable bonds is 35. The Balaban J connectivity index is 0.993. The molecule has 4 amide bonds. The number of hydrogen-bond donors (Lipinski definition) is 1. The number of likely N-dealkylation sites (N-methyl/N-ethyl adjacent to an activating group) is 5. The predicted octanol–water partition coefficient (Wildman–Crippen LogP) is 7.37. The van der Waals surface area contributed by atoms with Crippen LogP contribution in [0.4, 0.5) is 10.5 Å². The first kappa shape index (κ1) is 73.4. The van der Waals surface area contributed by atoms with Gasteiger partial charge < -0.3 is 57.9 Å². The summed E-state index contributed by atoms with van der Waals surface area (Å²) in [7, 11) is 5.78. The number of carbonyl (C=O) groups excluding carboxylic acids is 9. The van der Waals surface area contributed by atoms with Crippen LogP contribution in [-0.2, 0) is 84.5 Å². The molecule has 5 fully saturated rings. The summed E-state index contributed by atoms with van der Waals surface area (Å²) < 4.78 is 41.0. The monoisotopic (exact) mass is 1320 g/mol. The predicted molar refractivity (Wildman–Crippen MR) is 352 cm³/mol. The van der Waals surface area contributed by atoms with E-state index in [1.807, 2.05) is 54.3 Å². The number of allylic oxidation sites excluding steroid dienone is 1. The summed E-state index contributed by atoms with van der Waals surface area (Å²) in [5, 5.41) is 9.73. The molecule has 0 radical (unpaired) electrons. The molecule has 2 aromatic carbocycles. The van der Waals surface area contributed by atoms with Gasteiger partial charge in [-0.3, -0.25) is 24.2 Å². The van der Waals surface area contributed by atoms with Gasteiger partial charge in [0, 0.05) is 78.9 Å². The van der Waals surface area contributed by atoms with Crippen LogP contribution < -0.4 is 4.90 Å². The lowest BCUT2D eigenvalue weighted by Crippen LogP contribution is -2.53. The molecule has 1 aliphatic heterocycles. The highest BCUT2D eigenvalue weighted by Crippen LogP contribution is 2.39. The molecule has 1 N–H and O–H groups in total. The van der Waals surface area contributed by atoms with E-state index in [1.54, 1.807) is 45.0 Å². The van der Waals surface area contributed by atoms with E-state index < -0.39 is 108 Å². The van der Waals surface area contributed by atoms with E-state index in [4.69, 9.17) is 33.2 Å². The molecule has 95 heavy (non-hydrogen) atoms. The van der Waals surface area contributed by atoms with Gasteiger partial charge in [-0.05, 0) is 126 Å². The highest BCUT2D eigenvalue weighted by Gasteiger charge is 2.46. The van der Waals surface area contributed by atoms with Crippen LogP contribution in [0.15, 0.2) is 78.4 Å². The molecular formula is C72H102N6O17. The van der Waals surface area contributed by atoms with Crippen LogP contribution in [0.25, 0.3) is 0 Å². The molecule has 1 heterocycles. The van der Waals surface area contributed by atoms with Crippen molar-refractivity contribution in [2.45, 2.75) is 205 Å². The SMILES string of the molecule is CCN(CCO)c1ccc(C[C@@H](OC(=O)[C@H](CC2CC2)N(C)C(=O)[C@@H](C)OC(=O)[C@H](CC2CC2)N(C)C(=O)[C@@H](CC2=CCC(N3CCOCC3)C=C2)OC(=O)[C@H](CC2CC2)N(C)C(=O)OC(C)(C)C)C(=O)N(C)[C@@H](CC2CC2)C(=O)O[C@H](C)C(=O)OCc2ccccc2)cc1. The minimum Gasteiger partial charge on any atom is -0.458 e. The third-order valence-corrected chi connectivity index (χ3v) is 18.8. The fraction of sp³-hybridized carbons (Fsp3) is 0.653. The largest absolute Gasteiger partial charge is 0.458 e. The number of carbonyl (C=O) groups is 9. The van der Waals surface area contributed by atoms with Crippen molar-refractivity contribution in [2.75, 3.05) is 79.1 Å². The Hall–Kier alpha value is -7.37. The maximum Gasteiger partial charge on any atom is 0.410 e. The Morgan fingerprint density at radius 3 is 1.49 bits per heavy atom. The molecule has 8 rings (SSSR count). The third kappa shape index (κ3) is 22.1. The molecule has 0 bridgehead atoms. The summed E-state index contributed by atoms with van der Waals surface area (Å²) in [4.78, 5) is 139. The van der Waals surface area contributed by atoms with Crippen LogP contribution in [-0.4, -0.2) is 218 Å². The molecule has 5 aliphatic carbocycles. The first-order chi connectivity index (χ1) is 45.3. The number of aliphatic hydroxyl groups is 1. The number of hydrogen-bond acceptors (Lipinski definition) is 19. The smallest absolute Gasteiger partial charge is 0.410 e. The van der Waals surface area contributed by atoms with Crippen LogP contribution in [0.3, 0.4) is 0 Å². The fourth-order valence-electron chi connectivity index (χ4n) is 12.1. The number of morpholine rings is 1. The molecule has 0 aromatic heterocycles. The van der Waals surface area contributed by atoms with Crippen LogP contribution in [0.2, 0.25) is 0 Å². The van der Waals surface area contributed by atoms with Crippen molar-refractivity contribution < 1.29 is 81.4 Å². The van der Waals surface area contributed by atoms with Gasteiger partial charge in [-0.2, -0.15) is 0 Å². The summed E-state index contributed by atoms with van der Waals surface area (Å²) >= 11 is 0. The van der Waals surface area contributed by atoms with Crippen LogP contribution >= 0.6 is 0 Å². The molecule has 23 nitrogen and oxygen atoms in total. The van der Waals surface area contributed by atoms with Gasteiger partial charge in [-0.25, -0.2) is 28.8 Å². The number of anilines is 1. The van der Waals surface area contributed by atoms with Gasteiger partial charge in [0.25, 0.3) is 17.7 Å². The van der Waals surface area contributed by atoms with Gasteiger partial charge in [0.05, 0.1) is 19.8 Å². The number of aliphatic hydroxyl groups excluding tert-OH is 1. The molecule has 1 unspecified atom stereocenters. The van der Waals surface area contributed by atoms with Gasteiger partial charge in [0.15, 0.2) is 24.4 Å². The van der Waals surface area contributed by atoms with Gasteiger partial charge in [-0.15, -0.1) is 0 Å². The Labute approximate surface area is 560 Å². The highest BCUT2D eigenvalue weighted by atomic mass is 16.6. The normalized spacial score (nSPS) is 19.7. The Morgan fingerprint density at radius 2 is 1.04 bits per heavy atom. The molecule has 1 saturated heterocycles. The zero-order chi connectivity index (χ0) is 68.7. The molecule has 4 saturated carbocycles. The van der Waals surface area contributed by atoms with E-state index in [9.17, 15) is 38.7 Å². The second kappa shape index (κ2) is 34.0. The van der Waals surface area contributed by atoms with E-state index in [0.717, 1.165) is 81.3 Å². The Bertz CT molecular complexity index is 3020. The summed E-state index contributed by atoms with van der Waals surface area (Å²) in [5.74, 6) is -6.00. The lowest BCUT2D eigenvalue weighted by Gasteiger charge is -2.35. The quantitative estimate of drug-likeness (QED) is 0.0522. The van der Waals surface area contributed by atoms with Crippen molar-refractivity contribution >= 4 is 59.3 Å². The summed E-state index contributed by atoms with van der Waals surface area (Å²) in [6, 6.07) is 11.7. The molecule has 9 atom stereocenters. The van der Waals surface area contributed by atoms with E-state index in [2.05, 4.69) is 11.0 Å². The second-order valence-electron chi connectivity index (χ2n) is 27.8. The van der Waals surface area contributed by atoms with Gasteiger partial charge in [-0.1, -0.05) is 112 Å². The minimum absolute atomic E-state index is 0.0295. The maximum absolute atomic E-state index is 15.1. The molecular weight excluding hydrogens is 1220 g/mol. The van der Waals surface area contributed by atoms with E-state index in [1.165, 1.54) is 61.6 Å². The second-order valence-corrected chi connectivity index (χ2v) is 27.8. The third-order valence-electron chi connectivity index (χ3n) is 18.8. The summed E-state index contributed by atoms with van der Waals surface area (Å²) in [5.41, 5.74) is 2.05. The van der Waals surface area contributed by atoms with Crippen molar-refractivity contribution in [3.05, 3.63) is 89.5 Å². The van der Waals surface area contributed by atoms with E-state index in [-0.39, 0.29) is 75.0 Å². The van der Waals surface area contributed by atoms with Crippen molar-refractivity contribution in [3.8, 4) is 0 Å².